The molecule has 21 heavy (non-hydrogen) atoms. The minimum absolute atomic E-state index is 0.213. The standard InChI is InChI=1S/C17H19N3O/c1-3-12(17(21)19-2)15(18)14-10-20-9-5-7-11-6-4-8-13(14)16(11)20/h3-4,6,8,10,18H,5,7,9H2,1-2H3,(H,19,21)/b12-3+,18-15?. The van der Waals surface area contributed by atoms with Gasteiger partial charge in [0.05, 0.1) is 16.8 Å². The first kappa shape index (κ1) is 13.6. The first-order chi connectivity index (χ1) is 10.2. The lowest BCUT2D eigenvalue weighted by Crippen LogP contribution is -2.24. The number of aromatic nitrogens is 1. The SMILES string of the molecule is C/C=C(\C(=N)c1cn2c3c(cccc13)CCC2)C(=O)NC. The van der Waals surface area contributed by atoms with Crippen LogP contribution in [0.4, 0.5) is 0 Å². The molecule has 1 aliphatic rings. The molecule has 0 atom stereocenters. The number of benzene rings is 1. The maximum absolute atomic E-state index is 11.9. The second kappa shape index (κ2) is 5.20. The van der Waals surface area contributed by atoms with Gasteiger partial charge in [-0.25, -0.2) is 0 Å². The monoisotopic (exact) mass is 281 g/mol. The molecular formula is C17H19N3O. The van der Waals surface area contributed by atoms with Gasteiger partial charge in [-0.2, -0.15) is 0 Å². The number of amides is 1. The molecule has 4 nitrogen and oxygen atoms in total. The van der Waals surface area contributed by atoms with E-state index in [9.17, 15) is 4.79 Å². The number of hydrogen-bond donors (Lipinski definition) is 2. The van der Waals surface area contributed by atoms with E-state index in [1.54, 1.807) is 20.0 Å². The van der Waals surface area contributed by atoms with E-state index in [1.165, 1.54) is 11.1 Å². The highest BCUT2D eigenvalue weighted by atomic mass is 16.1. The first-order valence-corrected chi connectivity index (χ1v) is 7.25. The first-order valence-electron chi connectivity index (χ1n) is 7.25. The van der Waals surface area contributed by atoms with Crippen LogP contribution in [0.15, 0.2) is 36.0 Å². The predicted octanol–water partition coefficient (Wildman–Crippen LogP) is 2.65. The largest absolute Gasteiger partial charge is 0.355 e. The number of nitrogens with zero attached hydrogens (tertiary/aromatic N) is 1. The highest BCUT2D eigenvalue weighted by Crippen LogP contribution is 2.30. The predicted molar refractivity (Wildman–Crippen MR) is 84.9 cm³/mol. The van der Waals surface area contributed by atoms with Crippen molar-refractivity contribution in [3.8, 4) is 0 Å². The normalized spacial score (nSPS) is 14.3. The van der Waals surface area contributed by atoms with Gasteiger partial charge in [0.25, 0.3) is 5.91 Å². The Balaban J connectivity index is 2.16. The fourth-order valence-electron chi connectivity index (χ4n) is 3.12. The van der Waals surface area contributed by atoms with Crippen LogP contribution >= 0.6 is 0 Å². The van der Waals surface area contributed by atoms with Crippen molar-refractivity contribution in [2.24, 2.45) is 0 Å². The van der Waals surface area contributed by atoms with Crippen LogP contribution in [0.3, 0.4) is 0 Å². The number of nitrogens with one attached hydrogen (secondary N) is 2. The van der Waals surface area contributed by atoms with E-state index in [1.807, 2.05) is 18.3 Å². The van der Waals surface area contributed by atoms with Crippen LogP contribution in [0.25, 0.3) is 10.9 Å². The number of allylic oxidation sites excluding steroid dienone is 1. The van der Waals surface area contributed by atoms with Crippen molar-refractivity contribution < 1.29 is 4.79 Å². The molecule has 0 spiro atoms. The van der Waals surface area contributed by atoms with Gasteiger partial charge in [-0.1, -0.05) is 24.3 Å². The highest BCUT2D eigenvalue weighted by Gasteiger charge is 2.21. The summed E-state index contributed by atoms with van der Waals surface area (Å²) in [4.78, 5) is 11.9. The van der Waals surface area contributed by atoms with Crippen LogP contribution in [0.1, 0.15) is 24.5 Å². The van der Waals surface area contributed by atoms with E-state index < -0.39 is 0 Å². The zero-order valence-corrected chi connectivity index (χ0v) is 12.4. The minimum Gasteiger partial charge on any atom is -0.355 e. The highest BCUT2D eigenvalue weighted by molar-refractivity contribution is 6.29. The third kappa shape index (κ3) is 2.07. The minimum atomic E-state index is -0.213. The molecule has 3 rings (SSSR count). The zero-order valence-electron chi connectivity index (χ0n) is 12.4. The molecule has 0 unspecified atom stereocenters. The van der Waals surface area contributed by atoms with E-state index in [2.05, 4.69) is 16.0 Å². The maximum atomic E-state index is 11.9. The second-order valence-corrected chi connectivity index (χ2v) is 5.31. The molecule has 2 heterocycles. The summed E-state index contributed by atoms with van der Waals surface area (Å²) in [6, 6.07) is 6.24. The Labute approximate surface area is 124 Å². The van der Waals surface area contributed by atoms with Crippen molar-refractivity contribution >= 4 is 22.5 Å². The van der Waals surface area contributed by atoms with Crippen LogP contribution < -0.4 is 5.32 Å². The number of carbonyl (C=O) groups excluding carboxylic acids is 1. The van der Waals surface area contributed by atoms with E-state index in [-0.39, 0.29) is 5.91 Å². The van der Waals surface area contributed by atoms with Gasteiger partial charge in [0.2, 0.25) is 0 Å². The van der Waals surface area contributed by atoms with Crippen molar-refractivity contribution in [2.75, 3.05) is 7.05 Å². The molecule has 0 fully saturated rings. The third-order valence-electron chi connectivity index (χ3n) is 4.13. The summed E-state index contributed by atoms with van der Waals surface area (Å²) in [5.74, 6) is -0.213. The maximum Gasteiger partial charge on any atom is 0.252 e. The summed E-state index contributed by atoms with van der Waals surface area (Å²) in [6.45, 7) is 2.77. The zero-order chi connectivity index (χ0) is 15.0. The van der Waals surface area contributed by atoms with Crippen molar-refractivity contribution in [2.45, 2.75) is 26.3 Å². The molecule has 108 valence electrons. The molecule has 1 aromatic heterocycles. The Morgan fingerprint density at radius 2 is 2.24 bits per heavy atom. The molecule has 0 saturated heterocycles. The average molecular weight is 281 g/mol. The van der Waals surface area contributed by atoms with E-state index in [0.29, 0.717) is 11.3 Å². The third-order valence-corrected chi connectivity index (χ3v) is 4.13. The number of hydrogen-bond acceptors (Lipinski definition) is 2. The van der Waals surface area contributed by atoms with Gasteiger partial charge in [0.1, 0.15) is 0 Å². The summed E-state index contributed by atoms with van der Waals surface area (Å²) in [6.07, 6.45) is 5.93. The summed E-state index contributed by atoms with van der Waals surface area (Å²) >= 11 is 0. The van der Waals surface area contributed by atoms with Gasteiger partial charge in [0, 0.05) is 30.7 Å². The summed E-state index contributed by atoms with van der Waals surface area (Å²) in [5.41, 5.74) is 4.10. The molecule has 0 saturated carbocycles. The summed E-state index contributed by atoms with van der Waals surface area (Å²) in [7, 11) is 1.59. The van der Waals surface area contributed by atoms with Gasteiger partial charge >= 0.3 is 0 Å². The number of rotatable bonds is 3. The van der Waals surface area contributed by atoms with Gasteiger partial charge in [-0.15, -0.1) is 0 Å². The van der Waals surface area contributed by atoms with E-state index in [4.69, 9.17) is 5.41 Å². The Morgan fingerprint density at radius 1 is 1.43 bits per heavy atom. The summed E-state index contributed by atoms with van der Waals surface area (Å²) < 4.78 is 2.22. The van der Waals surface area contributed by atoms with Crippen LogP contribution in [-0.2, 0) is 17.8 Å². The lowest BCUT2D eigenvalue weighted by Gasteiger charge is -2.14. The quantitative estimate of drug-likeness (QED) is 0.659. The van der Waals surface area contributed by atoms with Gasteiger partial charge in [0.15, 0.2) is 0 Å². The molecule has 0 bridgehead atoms. The average Bonchev–Trinajstić information content (AvgIpc) is 2.89. The van der Waals surface area contributed by atoms with Gasteiger partial charge in [-0.05, 0) is 25.3 Å². The van der Waals surface area contributed by atoms with Crippen molar-refractivity contribution in [1.29, 1.82) is 5.41 Å². The molecule has 1 aromatic carbocycles. The fourth-order valence-corrected chi connectivity index (χ4v) is 3.12. The molecule has 1 amide bonds. The number of likely N-dealkylation sites (N-methyl/N-ethyl adjacent to an activating group) is 1. The Hall–Kier alpha value is -2.36. The lowest BCUT2D eigenvalue weighted by atomic mass is 9.98. The molecule has 0 radical (unpaired) electrons. The fraction of sp³-hybridized carbons (Fsp3) is 0.294. The topological polar surface area (TPSA) is 57.9 Å². The molecule has 4 heteroatoms. The molecule has 2 N–H and O–H groups in total. The van der Waals surface area contributed by atoms with Gasteiger partial charge in [-0.3, -0.25) is 10.2 Å². The Kier molecular flexibility index (Phi) is 3.37. The molecule has 1 aliphatic heterocycles. The molecular weight excluding hydrogens is 262 g/mol. The lowest BCUT2D eigenvalue weighted by molar-refractivity contribution is -0.116. The van der Waals surface area contributed by atoms with E-state index in [0.717, 1.165) is 30.3 Å². The van der Waals surface area contributed by atoms with Crippen LogP contribution in [0.2, 0.25) is 0 Å². The molecule has 0 aliphatic carbocycles. The Bertz CT molecular complexity index is 768. The van der Waals surface area contributed by atoms with Crippen LogP contribution in [0.5, 0.6) is 0 Å². The summed E-state index contributed by atoms with van der Waals surface area (Å²) in [5, 5.41) is 12.1. The van der Waals surface area contributed by atoms with Crippen LogP contribution in [-0.4, -0.2) is 23.2 Å². The van der Waals surface area contributed by atoms with Gasteiger partial charge < -0.3 is 9.88 Å². The number of carbonyl (C=O) groups is 1. The smallest absolute Gasteiger partial charge is 0.252 e. The van der Waals surface area contributed by atoms with Crippen molar-refractivity contribution in [3.63, 3.8) is 0 Å². The molecule has 2 aromatic rings. The number of aryl methyl sites for hydroxylation is 2. The second-order valence-electron chi connectivity index (χ2n) is 5.31. The van der Waals surface area contributed by atoms with Crippen molar-refractivity contribution in [3.05, 3.63) is 47.2 Å². The van der Waals surface area contributed by atoms with E-state index >= 15 is 0 Å². The van der Waals surface area contributed by atoms with Crippen molar-refractivity contribution in [1.82, 2.24) is 9.88 Å². The number of para-hydroxylation sites is 1. The van der Waals surface area contributed by atoms with Crippen LogP contribution in [0, 0.1) is 5.41 Å². The Morgan fingerprint density at radius 3 is 2.95 bits per heavy atom.